The Bertz CT molecular complexity index is 551. The number of ketones is 1. The quantitative estimate of drug-likeness (QED) is 0.754. The molecule has 0 fully saturated rings. The largest absolute Gasteiger partial charge is 0.331 e. The molecule has 2 aromatic rings. The molecule has 2 rings (SSSR count). The van der Waals surface area contributed by atoms with Gasteiger partial charge in [0.25, 0.3) is 0 Å². The second kappa shape index (κ2) is 4.06. The molecule has 1 heterocycles. The number of nitrogens with zero attached hydrogens (tertiary/aromatic N) is 2. The van der Waals surface area contributed by atoms with E-state index in [1.807, 2.05) is 0 Å². The zero-order valence-corrected chi connectivity index (χ0v) is 9.20. The Morgan fingerprint density at radius 2 is 2.25 bits per heavy atom. The summed E-state index contributed by atoms with van der Waals surface area (Å²) >= 11 is 5.72. The van der Waals surface area contributed by atoms with E-state index in [1.165, 1.54) is 29.0 Å². The second-order valence-corrected chi connectivity index (χ2v) is 3.75. The van der Waals surface area contributed by atoms with Crippen molar-refractivity contribution >= 4 is 17.4 Å². The molecule has 1 aromatic carbocycles. The van der Waals surface area contributed by atoms with Gasteiger partial charge < -0.3 is 4.57 Å². The molecule has 0 spiro atoms. The third-order valence-corrected chi connectivity index (χ3v) is 2.43. The Balaban J connectivity index is 2.49. The molecule has 0 N–H and O–H groups in total. The van der Waals surface area contributed by atoms with Crippen molar-refractivity contribution in [1.29, 1.82) is 0 Å². The van der Waals surface area contributed by atoms with Crippen molar-refractivity contribution in [1.82, 2.24) is 9.55 Å². The third kappa shape index (κ3) is 1.84. The topological polar surface area (TPSA) is 34.9 Å². The molecule has 0 unspecified atom stereocenters. The molecule has 1 aromatic heterocycles. The first kappa shape index (κ1) is 10.8. The Morgan fingerprint density at radius 3 is 2.88 bits per heavy atom. The minimum Gasteiger partial charge on any atom is -0.331 e. The van der Waals surface area contributed by atoms with Gasteiger partial charge in [0.15, 0.2) is 5.82 Å². The van der Waals surface area contributed by atoms with Gasteiger partial charge in [0.1, 0.15) is 5.82 Å². The minimum absolute atomic E-state index is 0.0678. The highest BCUT2D eigenvalue weighted by molar-refractivity contribution is 6.31. The van der Waals surface area contributed by atoms with Crippen LogP contribution in [0.2, 0.25) is 5.02 Å². The highest BCUT2D eigenvalue weighted by Gasteiger charge is 2.17. The monoisotopic (exact) mass is 238 g/mol. The van der Waals surface area contributed by atoms with Crippen LogP contribution in [0.25, 0.3) is 0 Å². The van der Waals surface area contributed by atoms with Crippen LogP contribution in [-0.4, -0.2) is 15.3 Å². The fourth-order valence-corrected chi connectivity index (χ4v) is 1.55. The van der Waals surface area contributed by atoms with Crippen molar-refractivity contribution < 1.29 is 9.18 Å². The van der Waals surface area contributed by atoms with E-state index in [0.717, 1.165) is 0 Å². The lowest BCUT2D eigenvalue weighted by Gasteiger charge is -2.03. The van der Waals surface area contributed by atoms with E-state index in [2.05, 4.69) is 4.98 Å². The molecule has 5 heteroatoms. The van der Waals surface area contributed by atoms with Crippen LogP contribution >= 0.6 is 11.6 Å². The van der Waals surface area contributed by atoms with Crippen LogP contribution in [-0.2, 0) is 7.05 Å². The Hall–Kier alpha value is -1.68. The second-order valence-electron chi connectivity index (χ2n) is 3.32. The van der Waals surface area contributed by atoms with Gasteiger partial charge >= 0.3 is 0 Å². The first-order chi connectivity index (χ1) is 7.59. The zero-order valence-electron chi connectivity index (χ0n) is 8.45. The molecule has 0 aliphatic rings. The Labute approximate surface area is 96.5 Å². The summed E-state index contributed by atoms with van der Waals surface area (Å²) in [6.07, 6.45) is 3.10. The van der Waals surface area contributed by atoms with Crippen LogP contribution in [0.3, 0.4) is 0 Å². The number of benzene rings is 1. The van der Waals surface area contributed by atoms with E-state index in [9.17, 15) is 9.18 Å². The lowest BCUT2D eigenvalue weighted by Crippen LogP contribution is -2.10. The van der Waals surface area contributed by atoms with Crippen LogP contribution in [0, 0.1) is 5.82 Å². The molecular weight excluding hydrogens is 231 g/mol. The van der Waals surface area contributed by atoms with Gasteiger partial charge in [-0.15, -0.1) is 0 Å². The lowest BCUT2D eigenvalue weighted by atomic mass is 10.1. The summed E-state index contributed by atoms with van der Waals surface area (Å²) in [5.41, 5.74) is -0.0678. The van der Waals surface area contributed by atoms with Gasteiger partial charge in [0.05, 0.1) is 5.56 Å². The van der Waals surface area contributed by atoms with E-state index < -0.39 is 11.6 Å². The first-order valence-corrected chi connectivity index (χ1v) is 4.94. The number of carbonyl (C=O) groups excluding carboxylic acids is 1. The fourth-order valence-electron chi connectivity index (χ4n) is 1.38. The summed E-state index contributed by atoms with van der Waals surface area (Å²) in [6.45, 7) is 0. The SMILES string of the molecule is Cn1ccnc1C(=O)c1cc(Cl)ccc1F. The summed E-state index contributed by atoms with van der Waals surface area (Å²) in [7, 11) is 1.67. The maximum absolute atomic E-state index is 13.4. The summed E-state index contributed by atoms with van der Waals surface area (Å²) in [5, 5.41) is 0.318. The average molecular weight is 239 g/mol. The van der Waals surface area contributed by atoms with Crippen molar-refractivity contribution in [2.45, 2.75) is 0 Å². The maximum Gasteiger partial charge on any atom is 0.231 e. The smallest absolute Gasteiger partial charge is 0.231 e. The van der Waals surface area contributed by atoms with Crippen LogP contribution in [0.5, 0.6) is 0 Å². The number of hydrogen-bond acceptors (Lipinski definition) is 2. The van der Waals surface area contributed by atoms with E-state index in [-0.39, 0.29) is 11.4 Å². The van der Waals surface area contributed by atoms with Gasteiger partial charge in [-0.25, -0.2) is 9.37 Å². The third-order valence-electron chi connectivity index (χ3n) is 2.20. The fraction of sp³-hybridized carbons (Fsp3) is 0.0909. The molecule has 0 aliphatic carbocycles. The van der Waals surface area contributed by atoms with Crippen LogP contribution in [0.1, 0.15) is 16.2 Å². The van der Waals surface area contributed by atoms with E-state index in [4.69, 9.17) is 11.6 Å². The number of rotatable bonds is 2. The van der Waals surface area contributed by atoms with Crippen LogP contribution in [0.4, 0.5) is 4.39 Å². The number of aryl methyl sites for hydroxylation is 1. The van der Waals surface area contributed by atoms with Crippen LogP contribution < -0.4 is 0 Å². The molecular formula is C11H8ClFN2O. The molecule has 0 bridgehead atoms. The van der Waals surface area contributed by atoms with Crippen molar-refractivity contribution in [3.63, 3.8) is 0 Å². The van der Waals surface area contributed by atoms with Gasteiger partial charge in [-0.1, -0.05) is 11.6 Å². The summed E-state index contributed by atoms with van der Waals surface area (Å²) in [5.74, 6) is -0.897. The highest BCUT2D eigenvalue weighted by Crippen LogP contribution is 2.17. The summed E-state index contributed by atoms with van der Waals surface area (Å²) in [4.78, 5) is 15.8. The average Bonchev–Trinajstić information content (AvgIpc) is 2.67. The van der Waals surface area contributed by atoms with Gasteiger partial charge in [-0.05, 0) is 18.2 Å². The normalized spacial score (nSPS) is 10.4. The molecule has 0 atom stereocenters. The molecule has 16 heavy (non-hydrogen) atoms. The number of imidazole rings is 1. The van der Waals surface area contributed by atoms with Gasteiger partial charge in [-0.3, -0.25) is 4.79 Å². The van der Waals surface area contributed by atoms with Gasteiger partial charge in [-0.2, -0.15) is 0 Å². The van der Waals surface area contributed by atoms with Crippen molar-refractivity contribution in [2.75, 3.05) is 0 Å². The predicted octanol–water partition coefficient (Wildman–Crippen LogP) is 2.44. The van der Waals surface area contributed by atoms with Crippen LogP contribution in [0.15, 0.2) is 30.6 Å². The van der Waals surface area contributed by atoms with Crippen molar-refractivity contribution in [3.05, 3.63) is 52.8 Å². The Kier molecular flexibility index (Phi) is 2.75. The highest BCUT2D eigenvalue weighted by atomic mass is 35.5. The summed E-state index contributed by atoms with van der Waals surface area (Å²) in [6, 6.07) is 3.86. The minimum atomic E-state index is -0.600. The molecule has 82 valence electrons. The molecule has 3 nitrogen and oxygen atoms in total. The zero-order chi connectivity index (χ0) is 11.7. The van der Waals surface area contributed by atoms with E-state index in [1.54, 1.807) is 13.2 Å². The van der Waals surface area contributed by atoms with Crippen molar-refractivity contribution in [3.8, 4) is 0 Å². The molecule has 0 saturated heterocycles. The van der Waals surface area contributed by atoms with E-state index >= 15 is 0 Å². The van der Waals surface area contributed by atoms with Gasteiger partial charge in [0, 0.05) is 24.5 Å². The maximum atomic E-state index is 13.4. The number of aromatic nitrogens is 2. The number of halogens is 2. The Morgan fingerprint density at radius 1 is 1.50 bits per heavy atom. The van der Waals surface area contributed by atoms with Crippen molar-refractivity contribution in [2.24, 2.45) is 7.05 Å². The molecule has 0 amide bonds. The molecule has 0 radical (unpaired) electrons. The molecule has 0 aliphatic heterocycles. The van der Waals surface area contributed by atoms with Gasteiger partial charge in [0.2, 0.25) is 5.78 Å². The number of hydrogen-bond donors (Lipinski definition) is 0. The first-order valence-electron chi connectivity index (χ1n) is 4.56. The molecule has 0 saturated carbocycles. The standard InChI is InChI=1S/C11H8ClFN2O/c1-15-5-4-14-11(15)10(16)8-6-7(12)2-3-9(8)13/h2-6H,1H3. The van der Waals surface area contributed by atoms with E-state index in [0.29, 0.717) is 5.02 Å². The predicted molar refractivity (Wildman–Crippen MR) is 58.1 cm³/mol. The lowest BCUT2D eigenvalue weighted by molar-refractivity contribution is 0.102. The number of carbonyl (C=O) groups is 1. The summed E-state index contributed by atoms with van der Waals surface area (Å²) < 4.78 is 15.0.